The lowest BCUT2D eigenvalue weighted by atomic mass is 10.1. The van der Waals surface area contributed by atoms with E-state index >= 15 is 0 Å². The Labute approximate surface area is 216 Å². The van der Waals surface area contributed by atoms with Crippen LogP contribution in [0.2, 0.25) is 0 Å². The lowest BCUT2D eigenvalue weighted by Crippen LogP contribution is -2.55. The lowest BCUT2D eigenvalue weighted by molar-refractivity contribution is -0.151. The summed E-state index contributed by atoms with van der Waals surface area (Å²) >= 11 is 0. The molecule has 13 heteroatoms. The molecule has 0 aromatic heterocycles. The number of fused-ring (bicyclic) bond motifs is 1. The number of aliphatic carboxylic acids is 1. The molecule has 2 aromatic rings. The number of para-hydroxylation sites is 2. The number of amides is 4. The standard InChI is InChI=1S/C25H24N4O9/c1-38-25(37)24(36)28-12-17(27-22(34)15-7-3-2-4-8-15)23(35)29(19-10-6-5-9-18(19)28)13-20(31)26-16(14-30)11-21(32)33/h2-10,14,16-17H,11-13H2,1H3,(H,26,31)(H,27,34)(H,32,33). The predicted octanol–water partition coefficient (Wildman–Crippen LogP) is -0.504. The molecular formula is C25H24N4O9. The van der Waals surface area contributed by atoms with Crippen LogP contribution in [0.3, 0.4) is 0 Å². The molecule has 3 rings (SSSR count). The fourth-order valence-electron chi connectivity index (χ4n) is 3.80. The summed E-state index contributed by atoms with van der Waals surface area (Å²) in [6.07, 6.45) is -0.416. The van der Waals surface area contributed by atoms with Crippen molar-refractivity contribution in [2.24, 2.45) is 0 Å². The second-order valence-electron chi connectivity index (χ2n) is 8.12. The van der Waals surface area contributed by atoms with Crippen LogP contribution in [0.1, 0.15) is 16.8 Å². The van der Waals surface area contributed by atoms with Crippen molar-refractivity contribution in [2.75, 3.05) is 30.0 Å². The Morgan fingerprint density at radius 2 is 1.68 bits per heavy atom. The summed E-state index contributed by atoms with van der Waals surface area (Å²) in [5, 5.41) is 13.7. The van der Waals surface area contributed by atoms with Crippen molar-refractivity contribution in [3.05, 3.63) is 60.2 Å². The highest BCUT2D eigenvalue weighted by Gasteiger charge is 2.39. The van der Waals surface area contributed by atoms with Crippen LogP contribution in [0.25, 0.3) is 0 Å². The Morgan fingerprint density at radius 3 is 2.29 bits per heavy atom. The van der Waals surface area contributed by atoms with Gasteiger partial charge in [0.25, 0.3) is 11.8 Å². The third-order valence-electron chi connectivity index (χ3n) is 5.55. The first-order valence-electron chi connectivity index (χ1n) is 11.3. The molecular weight excluding hydrogens is 500 g/mol. The van der Waals surface area contributed by atoms with Crippen LogP contribution in [0.15, 0.2) is 54.6 Å². The van der Waals surface area contributed by atoms with Crippen LogP contribution in [0.4, 0.5) is 11.4 Å². The number of aldehydes is 1. The first kappa shape index (κ1) is 27.5. The summed E-state index contributed by atoms with van der Waals surface area (Å²) in [5.74, 6) is -5.95. The fourth-order valence-corrected chi connectivity index (χ4v) is 3.80. The van der Waals surface area contributed by atoms with Gasteiger partial charge in [-0.25, -0.2) is 4.79 Å². The number of hydrogen-bond acceptors (Lipinski definition) is 8. The van der Waals surface area contributed by atoms with Crippen molar-refractivity contribution < 1.29 is 43.4 Å². The van der Waals surface area contributed by atoms with Gasteiger partial charge in [-0.1, -0.05) is 30.3 Å². The van der Waals surface area contributed by atoms with Crippen molar-refractivity contribution in [1.29, 1.82) is 0 Å². The first-order chi connectivity index (χ1) is 18.2. The molecule has 2 atom stereocenters. The number of esters is 1. The van der Waals surface area contributed by atoms with E-state index in [1.165, 1.54) is 36.4 Å². The van der Waals surface area contributed by atoms with E-state index in [1.807, 2.05) is 0 Å². The summed E-state index contributed by atoms with van der Waals surface area (Å²) < 4.78 is 4.55. The minimum atomic E-state index is -1.41. The van der Waals surface area contributed by atoms with Gasteiger partial charge in [0.15, 0.2) is 0 Å². The van der Waals surface area contributed by atoms with Gasteiger partial charge in [0.05, 0.1) is 37.5 Å². The second-order valence-corrected chi connectivity index (χ2v) is 8.12. The number of carboxylic acids is 1. The molecule has 3 N–H and O–H groups in total. The molecule has 0 bridgehead atoms. The largest absolute Gasteiger partial charge is 0.481 e. The van der Waals surface area contributed by atoms with Gasteiger partial charge < -0.3 is 25.3 Å². The summed E-state index contributed by atoms with van der Waals surface area (Å²) in [6, 6.07) is 11.1. The molecule has 2 unspecified atom stereocenters. The molecule has 1 aliphatic rings. The Hall–Kier alpha value is -5.07. The van der Waals surface area contributed by atoms with E-state index in [1.54, 1.807) is 18.2 Å². The van der Waals surface area contributed by atoms with Gasteiger partial charge in [-0.2, -0.15) is 0 Å². The maximum Gasteiger partial charge on any atom is 0.397 e. The van der Waals surface area contributed by atoms with E-state index in [0.717, 1.165) is 16.9 Å². The van der Waals surface area contributed by atoms with Crippen LogP contribution in [-0.4, -0.2) is 79.2 Å². The highest BCUT2D eigenvalue weighted by Crippen LogP contribution is 2.33. The molecule has 0 aliphatic carbocycles. The number of carbonyl (C=O) groups excluding carboxylic acids is 6. The van der Waals surface area contributed by atoms with E-state index in [-0.39, 0.29) is 23.2 Å². The van der Waals surface area contributed by atoms with E-state index in [2.05, 4.69) is 15.4 Å². The van der Waals surface area contributed by atoms with Gasteiger partial charge in [0, 0.05) is 5.56 Å². The smallest absolute Gasteiger partial charge is 0.397 e. The SMILES string of the molecule is COC(=O)C(=O)N1CC(NC(=O)c2ccccc2)C(=O)N(CC(=O)NC(C=O)CC(=O)O)c2ccccc21. The van der Waals surface area contributed by atoms with Crippen LogP contribution in [0, 0.1) is 0 Å². The third kappa shape index (κ3) is 6.37. The van der Waals surface area contributed by atoms with Crippen LogP contribution >= 0.6 is 0 Å². The topological polar surface area (TPSA) is 179 Å². The number of anilines is 2. The molecule has 2 aromatic carbocycles. The van der Waals surface area contributed by atoms with E-state index < -0.39 is 67.2 Å². The quantitative estimate of drug-likeness (QED) is 0.233. The molecule has 0 spiro atoms. The number of nitrogens with zero attached hydrogens (tertiary/aromatic N) is 2. The van der Waals surface area contributed by atoms with E-state index in [9.17, 15) is 33.6 Å². The molecule has 198 valence electrons. The fraction of sp³-hybridized carbons (Fsp3) is 0.240. The zero-order valence-corrected chi connectivity index (χ0v) is 20.2. The molecule has 13 nitrogen and oxygen atoms in total. The minimum Gasteiger partial charge on any atom is -0.481 e. The second kappa shape index (κ2) is 12.3. The van der Waals surface area contributed by atoms with Gasteiger partial charge >= 0.3 is 17.8 Å². The normalized spacial score (nSPS) is 15.4. The average molecular weight is 524 g/mol. The molecule has 0 fully saturated rings. The Morgan fingerprint density at radius 1 is 1.05 bits per heavy atom. The number of benzene rings is 2. The van der Waals surface area contributed by atoms with E-state index in [0.29, 0.717) is 0 Å². The average Bonchev–Trinajstić information content (AvgIpc) is 3.02. The molecule has 38 heavy (non-hydrogen) atoms. The Kier molecular flexibility index (Phi) is 8.87. The summed E-state index contributed by atoms with van der Waals surface area (Å²) in [4.78, 5) is 88.4. The molecule has 1 aliphatic heterocycles. The van der Waals surface area contributed by atoms with Crippen molar-refractivity contribution in [3.8, 4) is 0 Å². The van der Waals surface area contributed by atoms with Crippen LogP contribution < -0.4 is 20.4 Å². The number of carbonyl (C=O) groups is 7. The van der Waals surface area contributed by atoms with Crippen molar-refractivity contribution >= 4 is 53.2 Å². The highest BCUT2D eigenvalue weighted by molar-refractivity contribution is 6.38. The molecule has 0 saturated heterocycles. The van der Waals surface area contributed by atoms with Gasteiger partial charge in [-0.15, -0.1) is 0 Å². The molecule has 0 radical (unpaired) electrons. The number of methoxy groups -OCH3 is 1. The monoisotopic (exact) mass is 524 g/mol. The summed E-state index contributed by atoms with van der Waals surface area (Å²) in [5.41, 5.74) is 0.361. The van der Waals surface area contributed by atoms with Crippen LogP contribution in [-0.2, 0) is 33.5 Å². The number of rotatable bonds is 8. The van der Waals surface area contributed by atoms with Gasteiger partial charge in [-0.3, -0.25) is 33.8 Å². The van der Waals surface area contributed by atoms with Crippen LogP contribution in [0.5, 0.6) is 0 Å². The third-order valence-corrected chi connectivity index (χ3v) is 5.55. The lowest BCUT2D eigenvalue weighted by Gasteiger charge is -2.25. The van der Waals surface area contributed by atoms with Crippen molar-refractivity contribution in [2.45, 2.75) is 18.5 Å². The van der Waals surface area contributed by atoms with E-state index in [4.69, 9.17) is 5.11 Å². The summed E-state index contributed by atoms with van der Waals surface area (Å²) in [7, 11) is 1.01. The predicted molar refractivity (Wildman–Crippen MR) is 131 cm³/mol. The molecule has 4 amide bonds. The highest BCUT2D eigenvalue weighted by atomic mass is 16.5. The van der Waals surface area contributed by atoms with Crippen molar-refractivity contribution in [1.82, 2.24) is 10.6 Å². The zero-order valence-electron chi connectivity index (χ0n) is 20.2. The molecule has 1 heterocycles. The molecule has 0 saturated carbocycles. The maximum atomic E-state index is 13.7. The first-order valence-corrected chi connectivity index (χ1v) is 11.3. The van der Waals surface area contributed by atoms with Gasteiger partial charge in [0.2, 0.25) is 5.91 Å². The number of carboxylic acid groups (broad SMARTS) is 1. The van der Waals surface area contributed by atoms with Crippen molar-refractivity contribution in [3.63, 3.8) is 0 Å². The van der Waals surface area contributed by atoms with Gasteiger partial charge in [0.1, 0.15) is 18.9 Å². The number of ether oxygens (including phenoxy) is 1. The Balaban J connectivity index is 2.00. The Bertz CT molecular complexity index is 1260. The summed E-state index contributed by atoms with van der Waals surface area (Å²) in [6.45, 7) is -1.14. The maximum absolute atomic E-state index is 13.7. The number of nitrogens with one attached hydrogen (secondary N) is 2. The number of hydrogen-bond donors (Lipinski definition) is 3. The minimum absolute atomic E-state index is 0.0576. The zero-order chi connectivity index (χ0) is 27.8. The van der Waals surface area contributed by atoms with Gasteiger partial charge in [-0.05, 0) is 24.3 Å².